The average molecular weight is 328 g/mol. The summed E-state index contributed by atoms with van der Waals surface area (Å²) in [7, 11) is 3.23. The highest BCUT2D eigenvalue weighted by Gasteiger charge is 2.36. The summed E-state index contributed by atoms with van der Waals surface area (Å²) in [5, 5.41) is 9.03. The van der Waals surface area contributed by atoms with Gasteiger partial charge in [0.2, 0.25) is 0 Å². The molecular weight excluding hydrogens is 308 g/mol. The van der Waals surface area contributed by atoms with Gasteiger partial charge < -0.3 is 14.6 Å². The van der Waals surface area contributed by atoms with Crippen LogP contribution in [-0.2, 0) is 8.87 Å². The molecule has 0 bridgehead atoms. The molecule has 0 amide bonds. The molecule has 1 aliphatic rings. The van der Waals surface area contributed by atoms with Gasteiger partial charge in [-0.25, -0.2) is 0 Å². The first-order valence-electron chi connectivity index (χ1n) is 6.83. The number of carbonyl (C=O) groups is 1. The molecule has 0 spiro atoms. The highest BCUT2D eigenvalue weighted by Crippen LogP contribution is 2.54. The second kappa shape index (κ2) is 7.31. The third kappa shape index (κ3) is 3.80. The summed E-state index contributed by atoms with van der Waals surface area (Å²) in [5.74, 6) is 2.75. The zero-order chi connectivity index (χ0) is 15.3. The number of hydrogen-bond acceptors (Lipinski definition) is 5. The summed E-state index contributed by atoms with van der Waals surface area (Å²) in [6.07, 6.45) is 1.96. The summed E-state index contributed by atoms with van der Waals surface area (Å²) < 4.78 is 10.5. The van der Waals surface area contributed by atoms with E-state index in [0.717, 1.165) is 23.5 Å². The molecule has 116 valence electrons. The number of methoxy groups -OCH3 is 2. The van der Waals surface area contributed by atoms with Crippen LogP contribution in [0.1, 0.15) is 24.8 Å². The van der Waals surface area contributed by atoms with Crippen molar-refractivity contribution in [3.05, 3.63) is 23.8 Å². The zero-order valence-electron chi connectivity index (χ0n) is 12.3. The molecule has 0 aliphatic carbocycles. The zero-order valence-corrected chi connectivity index (χ0v) is 13.9. The van der Waals surface area contributed by atoms with Gasteiger partial charge in [0.15, 0.2) is 11.5 Å². The molecule has 1 aromatic carbocycles. The van der Waals surface area contributed by atoms with Gasteiger partial charge in [-0.1, -0.05) is 6.07 Å². The van der Waals surface area contributed by atoms with Gasteiger partial charge in [0.05, 0.1) is 18.3 Å². The van der Waals surface area contributed by atoms with E-state index in [1.807, 2.05) is 41.7 Å². The average Bonchev–Trinajstić information content (AvgIpc) is 2.53. The van der Waals surface area contributed by atoms with E-state index < -0.39 is 5.97 Å². The Morgan fingerprint density at radius 2 is 1.90 bits per heavy atom. The molecule has 1 N–H and O–H groups in total. The Bertz CT molecular complexity index is 498. The number of aliphatic carboxylic acids is 1. The van der Waals surface area contributed by atoms with E-state index in [2.05, 4.69) is 0 Å². The normalized spacial score (nSPS) is 17.2. The summed E-state index contributed by atoms with van der Waals surface area (Å²) in [5.41, 5.74) is 1.11. The Labute approximate surface area is 133 Å². The van der Waals surface area contributed by atoms with Crippen molar-refractivity contribution in [3.63, 3.8) is 0 Å². The van der Waals surface area contributed by atoms with Crippen LogP contribution in [0.15, 0.2) is 18.2 Å². The first-order valence-corrected chi connectivity index (χ1v) is 8.80. The van der Waals surface area contributed by atoms with E-state index in [1.54, 1.807) is 14.2 Å². The smallest absolute Gasteiger partial charge is 0.303 e. The van der Waals surface area contributed by atoms with Gasteiger partial charge >= 0.3 is 5.97 Å². The maximum atomic E-state index is 11.0. The number of hydrogen-bond donors (Lipinski definition) is 1. The highest BCUT2D eigenvalue weighted by atomic mass is 32.2. The predicted molar refractivity (Wildman–Crippen MR) is 87.6 cm³/mol. The third-order valence-electron chi connectivity index (χ3n) is 3.45. The molecule has 6 heteroatoms. The molecule has 0 atom stereocenters. The largest absolute Gasteiger partial charge is 0.493 e. The molecule has 1 aromatic rings. The molecule has 1 saturated heterocycles. The summed E-state index contributed by atoms with van der Waals surface area (Å²) in [4.78, 5) is 11.0. The minimum Gasteiger partial charge on any atom is -0.493 e. The number of rotatable bonds is 6. The van der Waals surface area contributed by atoms with Gasteiger partial charge in [-0.2, -0.15) is 0 Å². The molecular formula is C15H20O4S2. The molecule has 0 aromatic heterocycles. The lowest BCUT2D eigenvalue weighted by Gasteiger charge is -2.36. The molecule has 1 aliphatic heterocycles. The van der Waals surface area contributed by atoms with Gasteiger partial charge in [-0.15, -0.1) is 23.5 Å². The van der Waals surface area contributed by atoms with Gasteiger partial charge in [-0.05, 0) is 42.0 Å². The number of ether oxygens (including phenoxy) is 2. The van der Waals surface area contributed by atoms with E-state index in [-0.39, 0.29) is 10.5 Å². The van der Waals surface area contributed by atoms with Crippen LogP contribution >= 0.6 is 23.5 Å². The monoisotopic (exact) mass is 328 g/mol. The standard InChI is InChI=1S/C15H20O4S2/c1-18-12-5-4-11(10-13(12)19-2)15(7-6-14(16)17)20-8-3-9-21-15/h4-5,10H,3,6-9H2,1-2H3,(H,16,17). The molecule has 0 radical (unpaired) electrons. The highest BCUT2D eigenvalue weighted by molar-refractivity contribution is 8.18. The predicted octanol–water partition coefficient (Wildman–Crippen LogP) is 3.59. The second-order valence-corrected chi connectivity index (χ2v) is 7.81. The van der Waals surface area contributed by atoms with Crippen molar-refractivity contribution in [1.29, 1.82) is 0 Å². The van der Waals surface area contributed by atoms with Crippen molar-refractivity contribution in [1.82, 2.24) is 0 Å². The summed E-state index contributed by atoms with van der Waals surface area (Å²) >= 11 is 3.68. The molecule has 0 unspecified atom stereocenters. The Hall–Kier alpha value is -1.01. The first-order chi connectivity index (χ1) is 10.1. The number of carboxylic acid groups (broad SMARTS) is 1. The van der Waals surface area contributed by atoms with Crippen molar-refractivity contribution < 1.29 is 19.4 Å². The molecule has 4 nitrogen and oxygen atoms in total. The van der Waals surface area contributed by atoms with Crippen molar-refractivity contribution in [2.24, 2.45) is 0 Å². The van der Waals surface area contributed by atoms with Gasteiger partial charge in [0.1, 0.15) is 0 Å². The van der Waals surface area contributed by atoms with Crippen molar-refractivity contribution in [2.75, 3.05) is 25.7 Å². The number of carboxylic acids is 1. The fourth-order valence-corrected chi connectivity index (χ4v) is 5.71. The lowest BCUT2D eigenvalue weighted by Crippen LogP contribution is -2.24. The first kappa shape index (κ1) is 16.4. The van der Waals surface area contributed by atoms with E-state index in [4.69, 9.17) is 14.6 Å². The fourth-order valence-electron chi connectivity index (χ4n) is 2.37. The topological polar surface area (TPSA) is 55.8 Å². The van der Waals surface area contributed by atoms with E-state index in [0.29, 0.717) is 17.9 Å². The Kier molecular flexibility index (Phi) is 5.70. The van der Waals surface area contributed by atoms with E-state index in [1.165, 1.54) is 0 Å². The van der Waals surface area contributed by atoms with Crippen LogP contribution < -0.4 is 9.47 Å². The van der Waals surface area contributed by atoms with Gasteiger partial charge in [-0.3, -0.25) is 4.79 Å². The van der Waals surface area contributed by atoms with Crippen LogP contribution in [0.5, 0.6) is 11.5 Å². The van der Waals surface area contributed by atoms with Crippen LogP contribution in [0, 0.1) is 0 Å². The van der Waals surface area contributed by atoms with Gasteiger partial charge in [0, 0.05) is 6.42 Å². The lowest BCUT2D eigenvalue weighted by atomic mass is 10.1. The van der Waals surface area contributed by atoms with Crippen molar-refractivity contribution in [2.45, 2.75) is 23.3 Å². The summed E-state index contributed by atoms with van der Waals surface area (Å²) in [6, 6.07) is 5.90. The summed E-state index contributed by atoms with van der Waals surface area (Å²) in [6.45, 7) is 0. The second-order valence-electron chi connectivity index (χ2n) is 4.77. The number of benzene rings is 1. The van der Waals surface area contributed by atoms with Crippen molar-refractivity contribution >= 4 is 29.5 Å². The lowest BCUT2D eigenvalue weighted by molar-refractivity contribution is -0.137. The molecule has 0 saturated carbocycles. The molecule has 2 rings (SSSR count). The molecule has 1 fully saturated rings. The minimum absolute atomic E-state index is 0.175. The van der Waals surface area contributed by atoms with Crippen LogP contribution in [0.3, 0.4) is 0 Å². The maximum Gasteiger partial charge on any atom is 0.303 e. The number of thioether (sulfide) groups is 2. The van der Waals surface area contributed by atoms with Crippen LogP contribution in [0.4, 0.5) is 0 Å². The van der Waals surface area contributed by atoms with Gasteiger partial charge in [0.25, 0.3) is 0 Å². The quantitative estimate of drug-likeness (QED) is 0.861. The SMILES string of the molecule is COc1ccc(C2(CCC(=O)O)SCCCS2)cc1OC. The van der Waals surface area contributed by atoms with E-state index >= 15 is 0 Å². The van der Waals surface area contributed by atoms with Crippen molar-refractivity contribution in [3.8, 4) is 11.5 Å². The minimum atomic E-state index is -0.748. The third-order valence-corrected chi connectivity index (χ3v) is 6.96. The Balaban J connectivity index is 2.33. The van der Waals surface area contributed by atoms with Crippen LogP contribution in [0.25, 0.3) is 0 Å². The van der Waals surface area contributed by atoms with Crippen LogP contribution in [-0.4, -0.2) is 36.8 Å². The van der Waals surface area contributed by atoms with E-state index in [9.17, 15) is 4.79 Å². The fraction of sp³-hybridized carbons (Fsp3) is 0.533. The Morgan fingerprint density at radius 3 is 2.48 bits per heavy atom. The molecule has 1 heterocycles. The van der Waals surface area contributed by atoms with Crippen LogP contribution in [0.2, 0.25) is 0 Å². The Morgan fingerprint density at radius 1 is 1.24 bits per heavy atom. The maximum absolute atomic E-state index is 11.0. The molecule has 21 heavy (non-hydrogen) atoms.